The number of nitrogens with zero attached hydrogens (tertiary/aromatic N) is 2. The zero-order valence-corrected chi connectivity index (χ0v) is 15.3. The number of hydrogen-bond acceptors (Lipinski definition) is 5. The number of benzene rings is 1. The Balaban J connectivity index is 1.48. The number of carbonyl (C=O) groups is 1. The number of phenols is 1. The van der Waals surface area contributed by atoms with Crippen LogP contribution in [0.15, 0.2) is 18.2 Å². The van der Waals surface area contributed by atoms with Gasteiger partial charge in [0.2, 0.25) is 11.9 Å². The molecule has 2 bridgehead atoms. The number of aromatic hydroxyl groups is 1. The number of halogens is 1. The third-order valence-corrected chi connectivity index (χ3v) is 6.33. The van der Waals surface area contributed by atoms with Crippen LogP contribution in [-0.4, -0.2) is 38.9 Å². The molecular weight excluding hydrogens is 356 g/mol. The zero-order valence-electron chi connectivity index (χ0n) is 14.5. The number of anilines is 1. The Labute approximate surface area is 156 Å². The minimum atomic E-state index is -0.344. The lowest BCUT2D eigenvalue weighted by atomic mass is 9.58. The second kappa shape index (κ2) is 6.25. The highest BCUT2D eigenvalue weighted by Crippen LogP contribution is 2.54. The molecule has 3 aliphatic rings. The van der Waals surface area contributed by atoms with Gasteiger partial charge in [0.25, 0.3) is 0 Å². The molecule has 26 heavy (non-hydrogen) atoms. The molecule has 2 aromatic rings. The summed E-state index contributed by atoms with van der Waals surface area (Å²) in [6.45, 7) is 0. The van der Waals surface area contributed by atoms with Gasteiger partial charge in [-0.2, -0.15) is 4.98 Å². The number of ether oxygens (including phenoxy) is 1. The SMILES string of the molecule is COC12CCC(C(=O)Nc3n[nH]c(-c4ccc(O)c(Cl)c4)n3)(CC1)CC2. The van der Waals surface area contributed by atoms with Crippen molar-refractivity contribution in [3.8, 4) is 17.1 Å². The molecule has 3 aliphatic carbocycles. The van der Waals surface area contributed by atoms with Crippen LogP contribution >= 0.6 is 11.6 Å². The highest BCUT2D eigenvalue weighted by atomic mass is 35.5. The van der Waals surface area contributed by atoms with Gasteiger partial charge < -0.3 is 9.84 Å². The first-order valence-corrected chi connectivity index (χ1v) is 9.11. The van der Waals surface area contributed by atoms with E-state index in [4.69, 9.17) is 16.3 Å². The number of H-pyrrole nitrogens is 1. The smallest absolute Gasteiger partial charge is 0.249 e. The fourth-order valence-electron chi connectivity index (χ4n) is 4.13. The van der Waals surface area contributed by atoms with Gasteiger partial charge in [0.1, 0.15) is 5.75 Å². The van der Waals surface area contributed by atoms with Gasteiger partial charge in [0.05, 0.1) is 10.6 Å². The van der Waals surface area contributed by atoms with Crippen LogP contribution < -0.4 is 5.32 Å². The first-order chi connectivity index (χ1) is 12.5. The maximum atomic E-state index is 12.9. The number of amides is 1. The molecule has 1 aromatic carbocycles. The Hall–Kier alpha value is -2.12. The number of rotatable bonds is 4. The van der Waals surface area contributed by atoms with E-state index in [-0.39, 0.29) is 33.6 Å². The summed E-state index contributed by atoms with van der Waals surface area (Å²) in [4.78, 5) is 17.2. The molecule has 8 heteroatoms. The second-order valence-electron chi connectivity index (χ2n) is 7.30. The van der Waals surface area contributed by atoms with Crippen molar-refractivity contribution in [1.29, 1.82) is 0 Å². The van der Waals surface area contributed by atoms with Crippen LogP contribution in [-0.2, 0) is 9.53 Å². The lowest BCUT2D eigenvalue weighted by Gasteiger charge is -2.51. The normalized spacial score (nSPS) is 27.5. The molecule has 3 saturated carbocycles. The van der Waals surface area contributed by atoms with Crippen LogP contribution in [0.3, 0.4) is 0 Å². The lowest BCUT2D eigenvalue weighted by Crippen LogP contribution is -2.52. The van der Waals surface area contributed by atoms with Gasteiger partial charge in [-0.3, -0.25) is 15.2 Å². The number of aromatic nitrogens is 3. The monoisotopic (exact) mass is 376 g/mol. The van der Waals surface area contributed by atoms with Crippen LogP contribution in [0, 0.1) is 5.41 Å². The highest BCUT2D eigenvalue weighted by molar-refractivity contribution is 6.32. The largest absolute Gasteiger partial charge is 0.506 e. The first-order valence-electron chi connectivity index (χ1n) is 8.73. The van der Waals surface area contributed by atoms with Gasteiger partial charge in [0.15, 0.2) is 5.82 Å². The molecule has 1 heterocycles. The average Bonchev–Trinajstić information content (AvgIpc) is 3.14. The number of phenolic OH excluding ortho intramolecular Hbond substituents is 1. The number of fused-ring (bicyclic) bond motifs is 3. The van der Waals surface area contributed by atoms with E-state index < -0.39 is 0 Å². The number of aromatic amines is 1. The highest BCUT2D eigenvalue weighted by Gasteiger charge is 2.52. The van der Waals surface area contributed by atoms with Gasteiger partial charge in [-0.1, -0.05) is 11.6 Å². The van der Waals surface area contributed by atoms with Crippen molar-refractivity contribution >= 4 is 23.5 Å². The predicted octanol–water partition coefficient (Wildman–Crippen LogP) is 3.51. The molecule has 0 aliphatic heterocycles. The number of hydrogen-bond donors (Lipinski definition) is 3. The molecule has 1 aromatic heterocycles. The Bertz CT molecular complexity index is 826. The molecule has 0 spiro atoms. The zero-order chi connectivity index (χ0) is 18.4. The summed E-state index contributed by atoms with van der Waals surface area (Å²) in [5.41, 5.74) is 0.306. The maximum absolute atomic E-state index is 12.9. The van der Waals surface area contributed by atoms with Gasteiger partial charge in [-0.05, 0) is 56.7 Å². The summed E-state index contributed by atoms with van der Waals surface area (Å²) in [5, 5.41) is 19.5. The van der Waals surface area contributed by atoms with Crippen molar-refractivity contribution in [2.75, 3.05) is 12.4 Å². The third-order valence-electron chi connectivity index (χ3n) is 6.02. The van der Waals surface area contributed by atoms with Crippen molar-refractivity contribution in [3.63, 3.8) is 0 Å². The van der Waals surface area contributed by atoms with Crippen LogP contribution in [0.1, 0.15) is 38.5 Å². The number of methoxy groups -OCH3 is 1. The predicted molar refractivity (Wildman–Crippen MR) is 97.0 cm³/mol. The molecule has 0 saturated heterocycles. The second-order valence-corrected chi connectivity index (χ2v) is 7.70. The molecule has 3 fully saturated rings. The summed E-state index contributed by atoms with van der Waals surface area (Å²) in [6, 6.07) is 4.76. The van der Waals surface area contributed by atoms with Crippen LogP contribution in [0.2, 0.25) is 5.02 Å². The van der Waals surface area contributed by atoms with Crippen LogP contribution in [0.25, 0.3) is 11.4 Å². The molecule has 1 amide bonds. The summed E-state index contributed by atoms with van der Waals surface area (Å²) in [6.07, 6.45) is 5.25. The molecule has 7 nitrogen and oxygen atoms in total. The molecule has 5 rings (SSSR count). The van der Waals surface area contributed by atoms with Crippen molar-refractivity contribution in [2.24, 2.45) is 5.41 Å². The van der Waals surface area contributed by atoms with Crippen molar-refractivity contribution in [2.45, 2.75) is 44.1 Å². The van der Waals surface area contributed by atoms with Crippen molar-refractivity contribution < 1.29 is 14.6 Å². The third kappa shape index (κ3) is 2.85. The Kier molecular flexibility index (Phi) is 4.16. The average molecular weight is 377 g/mol. The standard InChI is InChI=1S/C18H21ClN4O3/c1-26-18-7-4-17(5-8-18,6-9-18)15(25)21-16-20-14(22-23-16)11-2-3-13(24)12(19)10-11/h2-3,10,24H,4-9H2,1H3,(H2,20,21,22,23,25). The molecule has 0 atom stereocenters. The van der Waals surface area contributed by atoms with E-state index in [1.807, 2.05) is 0 Å². The first kappa shape index (κ1) is 17.3. The molecule has 0 radical (unpaired) electrons. The van der Waals surface area contributed by atoms with Gasteiger partial charge in [-0.15, -0.1) is 5.10 Å². The summed E-state index contributed by atoms with van der Waals surface area (Å²) < 4.78 is 5.69. The Morgan fingerprint density at radius 2 is 1.96 bits per heavy atom. The quantitative estimate of drug-likeness (QED) is 0.758. The van der Waals surface area contributed by atoms with Crippen molar-refractivity contribution in [1.82, 2.24) is 15.2 Å². The van der Waals surface area contributed by atoms with Crippen molar-refractivity contribution in [3.05, 3.63) is 23.2 Å². The summed E-state index contributed by atoms with van der Waals surface area (Å²) in [5.74, 6) is 0.712. The van der Waals surface area contributed by atoms with E-state index in [2.05, 4.69) is 20.5 Å². The number of nitrogens with one attached hydrogen (secondary N) is 2. The Morgan fingerprint density at radius 1 is 1.27 bits per heavy atom. The van der Waals surface area contributed by atoms with E-state index in [0.717, 1.165) is 38.5 Å². The number of carbonyl (C=O) groups excluding carboxylic acids is 1. The van der Waals surface area contributed by atoms with E-state index in [0.29, 0.717) is 11.4 Å². The lowest BCUT2D eigenvalue weighted by molar-refractivity contribution is -0.148. The minimum Gasteiger partial charge on any atom is -0.506 e. The van der Waals surface area contributed by atoms with Crippen LogP contribution in [0.4, 0.5) is 5.95 Å². The van der Waals surface area contributed by atoms with E-state index >= 15 is 0 Å². The molecule has 3 N–H and O–H groups in total. The maximum Gasteiger partial charge on any atom is 0.249 e. The van der Waals surface area contributed by atoms with Gasteiger partial charge >= 0.3 is 0 Å². The van der Waals surface area contributed by atoms with Crippen LogP contribution in [0.5, 0.6) is 5.75 Å². The van der Waals surface area contributed by atoms with Gasteiger partial charge in [0, 0.05) is 18.1 Å². The summed E-state index contributed by atoms with van der Waals surface area (Å²) in [7, 11) is 1.77. The van der Waals surface area contributed by atoms with E-state index in [1.165, 1.54) is 6.07 Å². The fraction of sp³-hybridized carbons (Fsp3) is 0.500. The fourth-order valence-corrected chi connectivity index (χ4v) is 4.31. The van der Waals surface area contributed by atoms with E-state index in [9.17, 15) is 9.90 Å². The topological polar surface area (TPSA) is 100 Å². The Morgan fingerprint density at radius 3 is 2.58 bits per heavy atom. The molecule has 138 valence electrons. The van der Waals surface area contributed by atoms with E-state index in [1.54, 1.807) is 19.2 Å². The molecular formula is C18H21ClN4O3. The van der Waals surface area contributed by atoms with Gasteiger partial charge in [-0.25, -0.2) is 0 Å². The molecule has 0 unspecified atom stereocenters. The summed E-state index contributed by atoms with van der Waals surface area (Å²) >= 11 is 5.93. The minimum absolute atomic E-state index is 0.00397.